The fourth-order valence-corrected chi connectivity index (χ4v) is 3.12. The SMILES string of the molecule is BC1(O)CCC[C@@](NC)(c2ccccc2Cl)C1=O. The number of hydrogen-bond donors (Lipinski definition) is 2. The lowest BCUT2D eigenvalue weighted by Crippen LogP contribution is -2.60. The Kier molecular flexibility index (Phi) is 3.54. The number of likely N-dealkylation sites (N-methyl/N-ethyl adjacent to an activating group) is 1. The van der Waals surface area contributed by atoms with Crippen molar-refractivity contribution in [2.45, 2.75) is 30.3 Å². The third-order valence-corrected chi connectivity index (χ3v) is 4.18. The summed E-state index contributed by atoms with van der Waals surface area (Å²) < 4.78 is 0. The number of hydrogen-bond acceptors (Lipinski definition) is 3. The molecule has 1 saturated carbocycles. The van der Waals surface area contributed by atoms with E-state index in [1.165, 1.54) is 0 Å². The molecule has 0 aromatic heterocycles. The van der Waals surface area contributed by atoms with E-state index in [4.69, 9.17) is 11.6 Å². The van der Waals surface area contributed by atoms with Crippen LogP contribution in [-0.4, -0.2) is 31.3 Å². The maximum absolute atomic E-state index is 12.6. The summed E-state index contributed by atoms with van der Waals surface area (Å²) in [5.41, 5.74) is -1.42. The van der Waals surface area contributed by atoms with Crippen molar-refractivity contribution in [3.63, 3.8) is 0 Å². The quantitative estimate of drug-likeness (QED) is 0.779. The molecule has 2 atom stereocenters. The minimum atomic E-state index is -1.29. The molecule has 0 saturated heterocycles. The summed E-state index contributed by atoms with van der Waals surface area (Å²) in [5, 5.41) is 13.9. The van der Waals surface area contributed by atoms with Crippen LogP contribution in [0, 0.1) is 0 Å². The van der Waals surface area contributed by atoms with Crippen LogP contribution in [0.25, 0.3) is 0 Å². The van der Waals surface area contributed by atoms with E-state index in [1.807, 2.05) is 18.2 Å². The van der Waals surface area contributed by atoms with E-state index < -0.39 is 11.0 Å². The number of aliphatic hydroxyl groups is 1. The second kappa shape index (κ2) is 4.69. The number of carbonyl (C=O) groups excluding carboxylic acids is 1. The predicted molar refractivity (Wildman–Crippen MR) is 74.5 cm³/mol. The van der Waals surface area contributed by atoms with Crippen molar-refractivity contribution in [3.8, 4) is 0 Å². The van der Waals surface area contributed by atoms with E-state index in [1.54, 1.807) is 21.0 Å². The molecular weight excluding hydrogens is 248 g/mol. The van der Waals surface area contributed by atoms with E-state index >= 15 is 0 Å². The van der Waals surface area contributed by atoms with Gasteiger partial charge in [0.2, 0.25) is 0 Å². The molecule has 2 rings (SSSR count). The Bertz CT molecular complexity index is 478. The largest absolute Gasteiger partial charge is 0.391 e. The number of Topliss-reactive ketones (excluding diaryl/α,β-unsaturated/α-hetero) is 1. The molecule has 1 fully saturated rings. The molecular formula is C13H17BClNO2. The fourth-order valence-electron chi connectivity index (χ4n) is 2.82. The van der Waals surface area contributed by atoms with Crippen molar-refractivity contribution in [2.24, 2.45) is 0 Å². The smallest absolute Gasteiger partial charge is 0.179 e. The molecule has 0 spiro atoms. The van der Waals surface area contributed by atoms with Gasteiger partial charge in [-0.2, -0.15) is 0 Å². The third kappa shape index (κ3) is 1.98. The Balaban J connectivity index is 2.55. The van der Waals surface area contributed by atoms with Crippen molar-refractivity contribution in [1.29, 1.82) is 0 Å². The molecule has 0 amide bonds. The van der Waals surface area contributed by atoms with E-state index in [2.05, 4.69) is 5.32 Å². The molecule has 0 radical (unpaired) electrons. The maximum Gasteiger partial charge on any atom is 0.179 e. The summed E-state index contributed by atoms with van der Waals surface area (Å²) in [7, 11) is 3.32. The molecule has 1 aromatic rings. The summed E-state index contributed by atoms with van der Waals surface area (Å²) in [6.45, 7) is 0. The second-order valence-corrected chi connectivity index (χ2v) is 5.50. The maximum atomic E-state index is 12.6. The lowest BCUT2D eigenvalue weighted by atomic mass is 9.61. The molecule has 3 nitrogen and oxygen atoms in total. The normalized spacial score (nSPS) is 32.5. The first kappa shape index (κ1) is 13.6. The standard InChI is InChI=1S/C13H17BClNO2/c1-16-12(9-5-2-3-6-10(9)15)7-4-8-13(14,18)11(12)17/h2-3,5-6,16,18H,4,7-8,14H2,1H3/t12-,13?/m1/s1. The van der Waals surface area contributed by atoms with Crippen molar-refractivity contribution < 1.29 is 9.90 Å². The topological polar surface area (TPSA) is 49.3 Å². The van der Waals surface area contributed by atoms with Crippen LogP contribution in [0.15, 0.2) is 24.3 Å². The molecule has 96 valence electrons. The summed E-state index contributed by atoms with van der Waals surface area (Å²) >= 11 is 6.21. The van der Waals surface area contributed by atoms with Gasteiger partial charge < -0.3 is 10.4 Å². The minimum absolute atomic E-state index is 0.197. The Morgan fingerprint density at radius 2 is 2.06 bits per heavy atom. The van der Waals surface area contributed by atoms with E-state index in [0.717, 1.165) is 12.0 Å². The summed E-state index contributed by atoms with van der Waals surface area (Å²) in [6.07, 6.45) is 1.94. The molecule has 2 N–H and O–H groups in total. The van der Waals surface area contributed by atoms with Gasteiger partial charge in [0.1, 0.15) is 5.54 Å². The predicted octanol–water partition coefficient (Wildman–Crippen LogP) is 0.829. The average molecular weight is 266 g/mol. The van der Waals surface area contributed by atoms with E-state index in [9.17, 15) is 9.90 Å². The van der Waals surface area contributed by atoms with Gasteiger partial charge >= 0.3 is 0 Å². The van der Waals surface area contributed by atoms with Crippen molar-refractivity contribution in [1.82, 2.24) is 5.32 Å². The van der Waals surface area contributed by atoms with Gasteiger partial charge in [-0.3, -0.25) is 4.79 Å². The zero-order valence-electron chi connectivity index (χ0n) is 10.7. The minimum Gasteiger partial charge on any atom is -0.391 e. The van der Waals surface area contributed by atoms with Crippen LogP contribution in [0.2, 0.25) is 5.02 Å². The summed E-state index contributed by atoms with van der Waals surface area (Å²) in [5.74, 6) is -0.197. The van der Waals surface area contributed by atoms with Gasteiger partial charge in [0, 0.05) is 5.02 Å². The van der Waals surface area contributed by atoms with Gasteiger partial charge in [0.15, 0.2) is 13.6 Å². The highest BCUT2D eigenvalue weighted by Gasteiger charge is 2.50. The van der Waals surface area contributed by atoms with Crippen molar-refractivity contribution >= 4 is 25.2 Å². The van der Waals surface area contributed by atoms with Crippen LogP contribution < -0.4 is 5.32 Å². The molecule has 5 heteroatoms. The molecule has 1 aromatic carbocycles. The molecule has 0 bridgehead atoms. The molecule has 1 unspecified atom stereocenters. The van der Waals surface area contributed by atoms with Crippen LogP contribution in [0.4, 0.5) is 0 Å². The summed E-state index contributed by atoms with van der Waals surface area (Å²) in [6, 6.07) is 7.31. The lowest BCUT2D eigenvalue weighted by molar-refractivity contribution is -0.141. The van der Waals surface area contributed by atoms with Crippen LogP contribution in [0.5, 0.6) is 0 Å². The Morgan fingerprint density at radius 1 is 1.39 bits per heavy atom. The van der Waals surface area contributed by atoms with Crippen LogP contribution in [-0.2, 0) is 10.3 Å². The second-order valence-electron chi connectivity index (χ2n) is 5.09. The number of benzene rings is 1. The molecule has 18 heavy (non-hydrogen) atoms. The van der Waals surface area contributed by atoms with Crippen LogP contribution in [0.1, 0.15) is 24.8 Å². The highest BCUT2D eigenvalue weighted by molar-refractivity contribution is 6.33. The van der Waals surface area contributed by atoms with Gasteiger partial charge in [-0.25, -0.2) is 0 Å². The fraction of sp³-hybridized carbons (Fsp3) is 0.462. The summed E-state index contributed by atoms with van der Waals surface area (Å²) in [4.78, 5) is 12.6. The molecule has 1 aliphatic carbocycles. The highest BCUT2D eigenvalue weighted by atomic mass is 35.5. The molecule has 0 heterocycles. The van der Waals surface area contributed by atoms with Gasteiger partial charge in [-0.05, 0) is 37.9 Å². The zero-order chi connectivity index (χ0) is 13.4. The van der Waals surface area contributed by atoms with Crippen molar-refractivity contribution in [3.05, 3.63) is 34.9 Å². The monoisotopic (exact) mass is 265 g/mol. The van der Waals surface area contributed by atoms with Gasteiger partial charge in [-0.15, -0.1) is 0 Å². The van der Waals surface area contributed by atoms with Gasteiger partial charge in [-0.1, -0.05) is 29.8 Å². The average Bonchev–Trinajstić information content (AvgIpc) is 2.34. The first-order valence-corrected chi connectivity index (χ1v) is 6.53. The number of rotatable bonds is 2. The number of ketones is 1. The van der Waals surface area contributed by atoms with Gasteiger partial charge in [0.25, 0.3) is 0 Å². The molecule has 0 aliphatic heterocycles. The Hall–Kier alpha value is -0.835. The number of nitrogens with one attached hydrogen (secondary N) is 1. The Labute approximate surface area is 113 Å². The number of carbonyl (C=O) groups is 1. The van der Waals surface area contributed by atoms with Crippen LogP contribution >= 0.6 is 11.6 Å². The molecule has 1 aliphatic rings. The first-order valence-electron chi connectivity index (χ1n) is 6.15. The van der Waals surface area contributed by atoms with Crippen LogP contribution in [0.3, 0.4) is 0 Å². The van der Waals surface area contributed by atoms with E-state index in [-0.39, 0.29) is 5.78 Å². The zero-order valence-corrected chi connectivity index (χ0v) is 11.4. The lowest BCUT2D eigenvalue weighted by Gasteiger charge is -2.43. The third-order valence-electron chi connectivity index (χ3n) is 3.85. The highest BCUT2D eigenvalue weighted by Crippen LogP contribution is 2.40. The van der Waals surface area contributed by atoms with Gasteiger partial charge in [0.05, 0.1) is 5.50 Å². The van der Waals surface area contributed by atoms with Crippen molar-refractivity contribution in [2.75, 3.05) is 7.05 Å². The number of halogens is 1. The Morgan fingerprint density at radius 3 is 2.67 bits per heavy atom. The first-order chi connectivity index (χ1) is 8.44. The van der Waals surface area contributed by atoms with E-state index in [0.29, 0.717) is 17.9 Å².